The molecule has 9 heteroatoms. The molecule has 1 aromatic heterocycles. The van der Waals surface area contributed by atoms with Crippen LogP contribution in [0.5, 0.6) is 0 Å². The molecule has 0 fully saturated rings. The number of aromatic nitrogens is 2. The van der Waals surface area contributed by atoms with Crippen LogP contribution in [-0.2, 0) is 0 Å². The van der Waals surface area contributed by atoms with Gasteiger partial charge in [-0.05, 0) is 11.6 Å². The predicted molar refractivity (Wildman–Crippen MR) is 52.4 cm³/mol. The molecule has 4 nitrogen and oxygen atoms in total. The van der Waals surface area contributed by atoms with Gasteiger partial charge >= 0.3 is 6.18 Å². The summed E-state index contributed by atoms with van der Waals surface area (Å²) in [6.45, 7) is -2.42. The molecule has 0 atom stereocenters. The van der Waals surface area contributed by atoms with Gasteiger partial charge in [-0.3, -0.25) is 0 Å². The lowest BCUT2D eigenvalue weighted by Crippen LogP contribution is -2.37. The molecular formula is C8H8ClF4N3O. The number of hydrogen-bond acceptors (Lipinski definition) is 4. The molecule has 1 heterocycles. The summed E-state index contributed by atoms with van der Waals surface area (Å²) in [5, 5.41) is 8.28. The number of nitrogens with zero attached hydrogens (tertiary/aromatic N) is 3. The van der Waals surface area contributed by atoms with Crippen molar-refractivity contribution < 1.29 is 22.7 Å². The van der Waals surface area contributed by atoms with Crippen molar-refractivity contribution in [1.29, 1.82) is 0 Å². The highest BCUT2D eigenvalue weighted by atomic mass is 35.5. The molecule has 1 rings (SSSR count). The number of anilines is 1. The monoisotopic (exact) mass is 273 g/mol. The van der Waals surface area contributed by atoms with Gasteiger partial charge in [0.2, 0.25) is 5.28 Å². The van der Waals surface area contributed by atoms with Gasteiger partial charge in [-0.2, -0.15) is 18.2 Å². The van der Waals surface area contributed by atoms with E-state index in [4.69, 9.17) is 16.7 Å². The van der Waals surface area contributed by atoms with Crippen LogP contribution >= 0.6 is 11.6 Å². The topological polar surface area (TPSA) is 49.2 Å². The predicted octanol–water partition coefficient (Wildman–Crippen LogP) is 1.63. The fourth-order valence-electron chi connectivity index (χ4n) is 1.16. The van der Waals surface area contributed by atoms with Gasteiger partial charge in [0.25, 0.3) is 0 Å². The maximum Gasteiger partial charge on any atom is 0.405 e. The van der Waals surface area contributed by atoms with Gasteiger partial charge < -0.3 is 10.0 Å². The standard InChI is InChI=1S/C8H8ClF4N3O/c9-7-14-3-5(10)6(15-7)16(1-2-17)4-8(11,12)13/h3,17H,1-2,4H2. The van der Waals surface area contributed by atoms with E-state index in [1.807, 2.05) is 0 Å². The van der Waals surface area contributed by atoms with E-state index in [9.17, 15) is 17.6 Å². The molecule has 17 heavy (non-hydrogen) atoms. The molecule has 0 saturated carbocycles. The quantitative estimate of drug-likeness (QED) is 0.669. The SMILES string of the molecule is OCCN(CC(F)(F)F)c1nc(Cl)ncc1F. The van der Waals surface area contributed by atoms with Crippen molar-refractivity contribution in [1.82, 2.24) is 9.97 Å². The van der Waals surface area contributed by atoms with E-state index in [0.29, 0.717) is 11.1 Å². The molecule has 0 bridgehead atoms. The van der Waals surface area contributed by atoms with Gasteiger partial charge in [-0.25, -0.2) is 9.37 Å². The zero-order valence-electron chi connectivity index (χ0n) is 8.38. The fourth-order valence-corrected chi connectivity index (χ4v) is 1.28. The first-order valence-electron chi connectivity index (χ1n) is 4.44. The van der Waals surface area contributed by atoms with Crippen LogP contribution in [0.2, 0.25) is 5.28 Å². The Morgan fingerprint density at radius 2 is 2.06 bits per heavy atom. The van der Waals surface area contributed by atoms with Crippen LogP contribution in [0.25, 0.3) is 0 Å². The average Bonchev–Trinajstić information content (AvgIpc) is 2.19. The van der Waals surface area contributed by atoms with Crippen LogP contribution < -0.4 is 4.90 Å². The maximum absolute atomic E-state index is 13.2. The largest absolute Gasteiger partial charge is 0.405 e. The summed E-state index contributed by atoms with van der Waals surface area (Å²) in [5.41, 5.74) is 0. The normalized spacial score (nSPS) is 11.6. The van der Waals surface area contributed by atoms with Crippen LogP contribution in [0, 0.1) is 5.82 Å². The first-order chi connectivity index (χ1) is 7.83. The molecule has 0 aliphatic rings. The number of alkyl halides is 3. The second-order valence-electron chi connectivity index (χ2n) is 3.07. The third-order valence-electron chi connectivity index (χ3n) is 1.74. The highest BCUT2D eigenvalue weighted by Gasteiger charge is 2.32. The summed E-state index contributed by atoms with van der Waals surface area (Å²) in [6.07, 6.45) is -3.87. The first kappa shape index (κ1) is 13.9. The van der Waals surface area contributed by atoms with Gasteiger partial charge in [0.15, 0.2) is 11.6 Å². The van der Waals surface area contributed by atoms with Crippen molar-refractivity contribution in [2.45, 2.75) is 6.18 Å². The highest BCUT2D eigenvalue weighted by Crippen LogP contribution is 2.23. The minimum Gasteiger partial charge on any atom is -0.395 e. The van der Waals surface area contributed by atoms with E-state index < -0.39 is 37.5 Å². The van der Waals surface area contributed by atoms with E-state index in [1.165, 1.54) is 0 Å². The summed E-state index contributed by atoms with van der Waals surface area (Å²) in [4.78, 5) is 7.20. The van der Waals surface area contributed by atoms with Crippen molar-refractivity contribution in [3.05, 3.63) is 17.3 Å². The highest BCUT2D eigenvalue weighted by molar-refractivity contribution is 6.28. The van der Waals surface area contributed by atoms with E-state index >= 15 is 0 Å². The lowest BCUT2D eigenvalue weighted by atomic mass is 10.4. The Bertz CT molecular complexity index is 388. The van der Waals surface area contributed by atoms with Crippen molar-refractivity contribution >= 4 is 17.4 Å². The third-order valence-corrected chi connectivity index (χ3v) is 1.92. The lowest BCUT2D eigenvalue weighted by molar-refractivity contribution is -0.120. The van der Waals surface area contributed by atoms with Crippen molar-refractivity contribution in [3.8, 4) is 0 Å². The minimum absolute atomic E-state index is 0.369. The summed E-state index contributed by atoms with van der Waals surface area (Å²) in [5.74, 6) is -1.62. The Morgan fingerprint density at radius 3 is 2.59 bits per heavy atom. The van der Waals surface area contributed by atoms with Gasteiger partial charge in [-0.15, -0.1) is 0 Å². The third kappa shape index (κ3) is 4.31. The fraction of sp³-hybridized carbons (Fsp3) is 0.500. The molecule has 0 amide bonds. The average molecular weight is 274 g/mol. The van der Waals surface area contributed by atoms with Crippen LogP contribution in [0.15, 0.2) is 6.20 Å². The van der Waals surface area contributed by atoms with Gasteiger partial charge in [-0.1, -0.05) is 0 Å². The Morgan fingerprint density at radius 1 is 1.41 bits per heavy atom. The summed E-state index contributed by atoms with van der Waals surface area (Å²) in [6, 6.07) is 0. The molecule has 0 saturated heterocycles. The van der Waals surface area contributed by atoms with Crippen molar-refractivity contribution in [3.63, 3.8) is 0 Å². The molecule has 0 aromatic carbocycles. The number of aliphatic hydroxyl groups is 1. The number of hydrogen-bond donors (Lipinski definition) is 1. The van der Waals surface area contributed by atoms with E-state index in [0.717, 1.165) is 0 Å². The van der Waals surface area contributed by atoms with Crippen molar-refractivity contribution in [2.75, 3.05) is 24.6 Å². The molecule has 0 aliphatic heterocycles. The Balaban J connectivity index is 3.00. The molecule has 0 spiro atoms. The smallest absolute Gasteiger partial charge is 0.395 e. The summed E-state index contributed by atoms with van der Waals surface area (Å²) in [7, 11) is 0. The summed E-state index contributed by atoms with van der Waals surface area (Å²) >= 11 is 5.37. The molecule has 0 unspecified atom stereocenters. The molecule has 1 N–H and O–H groups in total. The van der Waals surface area contributed by atoms with E-state index in [2.05, 4.69) is 9.97 Å². The van der Waals surface area contributed by atoms with Crippen LogP contribution in [0.1, 0.15) is 0 Å². The van der Waals surface area contributed by atoms with Gasteiger partial charge in [0.05, 0.1) is 12.8 Å². The van der Waals surface area contributed by atoms with Gasteiger partial charge in [0.1, 0.15) is 6.54 Å². The molecule has 1 aromatic rings. The molecule has 0 aliphatic carbocycles. The second-order valence-corrected chi connectivity index (χ2v) is 3.41. The zero-order chi connectivity index (χ0) is 13.1. The first-order valence-corrected chi connectivity index (χ1v) is 4.82. The lowest BCUT2D eigenvalue weighted by Gasteiger charge is -2.24. The Labute approximate surface area is 98.8 Å². The number of aliphatic hydroxyl groups excluding tert-OH is 1. The summed E-state index contributed by atoms with van der Waals surface area (Å²) < 4.78 is 49.9. The van der Waals surface area contributed by atoms with Crippen LogP contribution in [0.4, 0.5) is 23.4 Å². The van der Waals surface area contributed by atoms with Crippen LogP contribution in [-0.4, -0.2) is 40.9 Å². The molecule has 96 valence electrons. The Hall–Kier alpha value is -1.15. The zero-order valence-corrected chi connectivity index (χ0v) is 9.13. The van der Waals surface area contributed by atoms with Crippen molar-refractivity contribution in [2.24, 2.45) is 0 Å². The molecule has 0 radical (unpaired) electrons. The van der Waals surface area contributed by atoms with Crippen LogP contribution in [0.3, 0.4) is 0 Å². The van der Waals surface area contributed by atoms with E-state index in [1.54, 1.807) is 0 Å². The number of halogens is 5. The van der Waals surface area contributed by atoms with Gasteiger partial charge in [0, 0.05) is 6.54 Å². The van der Waals surface area contributed by atoms with E-state index in [-0.39, 0.29) is 5.28 Å². The second kappa shape index (κ2) is 5.46. The molecular weight excluding hydrogens is 266 g/mol. The Kier molecular flexibility index (Phi) is 4.47. The number of rotatable bonds is 4. The minimum atomic E-state index is -4.54. The maximum atomic E-state index is 13.2.